The van der Waals surface area contributed by atoms with Crippen LogP contribution in [0.15, 0.2) is 297 Å². The van der Waals surface area contributed by atoms with Gasteiger partial charge in [-0.15, -0.1) is 0 Å². The first-order chi connectivity index (χ1) is 46.1. The molecule has 0 fully saturated rings. The van der Waals surface area contributed by atoms with Crippen LogP contribution >= 0.6 is 0 Å². The lowest BCUT2D eigenvalue weighted by atomic mass is 9.33. The third kappa shape index (κ3) is 8.97. The van der Waals surface area contributed by atoms with Gasteiger partial charge in [-0.1, -0.05) is 242 Å². The summed E-state index contributed by atoms with van der Waals surface area (Å²) >= 11 is 0. The molecule has 2 aromatic heterocycles. The zero-order valence-electron chi connectivity index (χ0n) is 55.8. The summed E-state index contributed by atoms with van der Waals surface area (Å²) in [6.07, 6.45) is 0. The summed E-state index contributed by atoms with van der Waals surface area (Å²) in [6, 6.07) is 98.5. The van der Waals surface area contributed by atoms with Crippen molar-refractivity contribution in [3.63, 3.8) is 0 Å². The van der Waals surface area contributed by atoms with Crippen molar-refractivity contribution >= 4 is 101 Å². The Kier molecular flexibility index (Phi) is 11.5. The van der Waals surface area contributed by atoms with E-state index in [1.807, 2.05) is 0 Å². The van der Waals surface area contributed by atoms with Crippen LogP contribution in [-0.4, -0.2) is 15.8 Å². The van der Waals surface area contributed by atoms with Gasteiger partial charge in [-0.05, 0) is 180 Å². The van der Waals surface area contributed by atoms with Gasteiger partial charge in [-0.25, -0.2) is 0 Å². The summed E-state index contributed by atoms with van der Waals surface area (Å²) in [5, 5.41) is 3.48. The van der Waals surface area contributed by atoms with Gasteiger partial charge >= 0.3 is 0 Å². The van der Waals surface area contributed by atoms with Crippen molar-refractivity contribution in [2.24, 2.45) is 0 Å². The number of hydrogen-bond donors (Lipinski definition) is 0. The standard InChI is InChI=1S/C86H67BN4/c1-85(2,3)64-32-22-30-59(47-64)61-40-43-74-80(51-61)91(69-49-62(57-26-12-8-13-27-57)46-63(50-69)58-28-14-9-15-29-58)83-53-65(86(4,5)6)52-82-84(83)87(74)75-44-41-68(55-81(75)90(82)66-33-23-31-60(48-66)56-24-10-7-11-25-56)89-78-39-21-18-36-72(78)73-54-67(42-45-79(73)89)88-76-37-19-16-34-70(76)71-35-17-20-38-77(71)88/h7-55H,1-6H3/i18D,21D,36D,39D. The van der Waals surface area contributed by atoms with E-state index in [1.165, 1.54) is 22.1 Å². The maximum Gasteiger partial charge on any atom is 0.252 e. The average Bonchev–Trinajstić information content (AvgIpc) is 1.25. The van der Waals surface area contributed by atoms with Crippen LogP contribution in [0.3, 0.4) is 0 Å². The monoisotopic (exact) mass is 1170 g/mol. The first-order valence-corrected chi connectivity index (χ1v) is 31.7. The number of benzene rings is 13. The normalized spacial score (nSPS) is 13.5. The van der Waals surface area contributed by atoms with Gasteiger partial charge in [0.15, 0.2) is 0 Å². The van der Waals surface area contributed by atoms with E-state index in [9.17, 15) is 5.48 Å². The third-order valence-electron chi connectivity index (χ3n) is 19.1. The van der Waals surface area contributed by atoms with E-state index in [1.54, 1.807) is 0 Å². The maximum absolute atomic E-state index is 9.88. The molecule has 13 aromatic carbocycles. The zero-order valence-corrected chi connectivity index (χ0v) is 51.8. The number of nitrogens with zero attached hydrogens (tertiary/aromatic N) is 4. The van der Waals surface area contributed by atoms with Crippen LogP contribution in [0.1, 0.15) is 58.2 Å². The van der Waals surface area contributed by atoms with E-state index in [0.29, 0.717) is 10.9 Å². The summed E-state index contributed by atoms with van der Waals surface area (Å²) in [6.45, 7) is 13.5. The molecule has 0 saturated heterocycles. The minimum Gasteiger partial charge on any atom is -0.311 e. The Labute approximate surface area is 538 Å². The molecule has 0 aliphatic carbocycles. The number of hydrogen-bond acceptors (Lipinski definition) is 2. The van der Waals surface area contributed by atoms with E-state index in [4.69, 9.17) is 0 Å². The molecule has 0 unspecified atom stereocenters. The fourth-order valence-electron chi connectivity index (χ4n) is 14.6. The lowest BCUT2D eigenvalue weighted by Gasteiger charge is -2.45. The molecular formula is C86H67BN4. The number of anilines is 6. The largest absolute Gasteiger partial charge is 0.311 e. The summed E-state index contributed by atoms with van der Waals surface area (Å²) in [7, 11) is 0. The Morgan fingerprint density at radius 3 is 1.40 bits per heavy atom. The molecule has 0 saturated carbocycles. The highest BCUT2D eigenvalue weighted by Crippen LogP contribution is 2.50. The van der Waals surface area contributed by atoms with Gasteiger partial charge in [0, 0.05) is 67.0 Å². The molecule has 4 heterocycles. The molecule has 0 radical (unpaired) electrons. The third-order valence-corrected chi connectivity index (χ3v) is 19.1. The second-order valence-electron chi connectivity index (χ2n) is 26.7. The fraction of sp³-hybridized carbons (Fsp3) is 0.0930. The summed E-state index contributed by atoms with van der Waals surface area (Å²) in [5.41, 5.74) is 25.8. The quantitative estimate of drug-likeness (QED) is 0.141. The molecule has 15 aromatic rings. The van der Waals surface area contributed by atoms with E-state index >= 15 is 0 Å². The van der Waals surface area contributed by atoms with Crippen LogP contribution in [0.4, 0.5) is 34.1 Å². The smallest absolute Gasteiger partial charge is 0.252 e. The van der Waals surface area contributed by atoms with E-state index in [2.05, 4.69) is 333 Å². The SMILES string of the molecule is [2H]c1c([2H])c([2H])c2c(c1[2H])c1cc(-n3c4ccccc4c4ccccc43)ccc1n2-c1ccc2c(c1)N(c1cccc(-c3ccccc3)c1)c1cc(C(C)(C)C)cc3c1B2c1ccc(-c2cccc(C(C)(C)C)c2)cc1N3c1cc(-c2ccccc2)cc(-c2ccccc2)c1. The van der Waals surface area contributed by atoms with Gasteiger partial charge < -0.3 is 18.9 Å². The second-order valence-corrected chi connectivity index (χ2v) is 26.7. The van der Waals surface area contributed by atoms with Crippen LogP contribution in [0.25, 0.3) is 99.5 Å². The van der Waals surface area contributed by atoms with Crippen molar-refractivity contribution < 1.29 is 5.48 Å². The van der Waals surface area contributed by atoms with Crippen molar-refractivity contribution in [3.8, 4) is 55.9 Å². The topological polar surface area (TPSA) is 16.3 Å². The van der Waals surface area contributed by atoms with Crippen molar-refractivity contribution in [1.82, 2.24) is 9.13 Å². The van der Waals surface area contributed by atoms with Gasteiger partial charge in [0.1, 0.15) is 0 Å². The second kappa shape index (κ2) is 20.9. The molecule has 2 aliphatic rings. The zero-order chi connectivity index (χ0) is 64.8. The molecule has 0 spiro atoms. The average molecular weight is 1170 g/mol. The minimum absolute atomic E-state index is 0.0623. The first-order valence-electron chi connectivity index (χ1n) is 33.7. The van der Waals surface area contributed by atoms with E-state index < -0.39 is 0 Å². The molecule has 17 rings (SSSR count). The van der Waals surface area contributed by atoms with Crippen LogP contribution in [-0.2, 0) is 10.8 Å². The Balaban J connectivity index is 0.966. The van der Waals surface area contributed by atoms with Gasteiger partial charge in [0.2, 0.25) is 0 Å². The summed E-state index contributed by atoms with van der Waals surface area (Å²) in [4.78, 5) is 5.04. The number of aromatic nitrogens is 2. The minimum atomic E-state index is -0.312. The molecule has 5 heteroatoms. The fourth-order valence-corrected chi connectivity index (χ4v) is 14.6. The lowest BCUT2D eigenvalue weighted by Crippen LogP contribution is -2.61. The number of fused-ring (bicyclic) bond motifs is 10. The highest BCUT2D eigenvalue weighted by molar-refractivity contribution is 7.00. The van der Waals surface area contributed by atoms with Crippen molar-refractivity contribution in [2.75, 3.05) is 9.80 Å². The van der Waals surface area contributed by atoms with Gasteiger partial charge in [-0.3, -0.25) is 0 Å². The van der Waals surface area contributed by atoms with Crippen molar-refractivity contribution in [3.05, 3.63) is 308 Å². The predicted molar refractivity (Wildman–Crippen MR) is 388 cm³/mol. The lowest BCUT2D eigenvalue weighted by molar-refractivity contribution is 0.590. The number of para-hydroxylation sites is 3. The molecule has 434 valence electrons. The molecule has 91 heavy (non-hydrogen) atoms. The van der Waals surface area contributed by atoms with Crippen molar-refractivity contribution in [2.45, 2.75) is 52.4 Å². The van der Waals surface area contributed by atoms with Gasteiger partial charge in [-0.2, -0.15) is 0 Å². The Bertz CT molecular complexity index is 5530. The molecular weight excluding hydrogens is 1100 g/mol. The van der Waals surface area contributed by atoms with Crippen LogP contribution in [0, 0.1) is 0 Å². The number of rotatable bonds is 8. The van der Waals surface area contributed by atoms with Crippen LogP contribution in [0.5, 0.6) is 0 Å². The Hall–Kier alpha value is -10.9. The molecule has 0 atom stereocenters. The molecule has 0 bridgehead atoms. The highest BCUT2D eigenvalue weighted by atomic mass is 15.2. The predicted octanol–water partition coefficient (Wildman–Crippen LogP) is 21.2. The summed E-state index contributed by atoms with van der Waals surface area (Å²) < 4.78 is 42.5. The van der Waals surface area contributed by atoms with Gasteiger partial charge in [0.25, 0.3) is 6.71 Å². The van der Waals surface area contributed by atoms with Crippen molar-refractivity contribution in [1.29, 1.82) is 0 Å². The molecule has 4 nitrogen and oxygen atoms in total. The van der Waals surface area contributed by atoms with Gasteiger partial charge in [0.05, 0.1) is 27.5 Å². The molecule has 2 aliphatic heterocycles. The highest BCUT2D eigenvalue weighted by Gasteiger charge is 2.45. The van der Waals surface area contributed by atoms with Crippen LogP contribution < -0.4 is 26.2 Å². The Morgan fingerprint density at radius 1 is 0.286 bits per heavy atom. The Morgan fingerprint density at radius 2 is 0.758 bits per heavy atom. The van der Waals surface area contributed by atoms with E-state index in [0.717, 1.165) is 128 Å². The first kappa shape index (κ1) is 50.0. The van der Waals surface area contributed by atoms with E-state index in [-0.39, 0.29) is 41.7 Å². The van der Waals surface area contributed by atoms with Crippen LogP contribution in [0.2, 0.25) is 0 Å². The molecule has 0 amide bonds. The maximum atomic E-state index is 9.88. The molecule has 0 N–H and O–H groups in total. The summed E-state index contributed by atoms with van der Waals surface area (Å²) in [5.74, 6) is 0.